The molecule has 0 saturated carbocycles. The summed E-state index contributed by atoms with van der Waals surface area (Å²) in [5.74, 6) is 0. The molecule has 0 aliphatic heterocycles. The van der Waals surface area contributed by atoms with Crippen LogP contribution in [0.4, 0.5) is 18.9 Å². The molecule has 0 heterocycles. The molecule has 2 rings (SSSR count). The summed E-state index contributed by atoms with van der Waals surface area (Å²) in [6.45, 7) is 1.82. The molecule has 6 heteroatoms. The van der Waals surface area contributed by atoms with Gasteiger partial charge in [-0.15, -0.1) is 0 Å². The maximum absolute atomic E-state index is 12.8. The predicted molar refractivity (Wildman–Crippen MR) is 85.3 cm³/mol. The van der Waals surface area contributed by atoms with Gasteiger partial charge in [-0.3, -0.25) is 0 Å². The molecular weight excluding hydrogens is 411 g/mol. The number of alkyl halides is 3. The number of halogens is 5. The van der Waals surface area contributed by atoms with Gasteiger partial charge in [0.1, 0.15) is 0 Å². The molecule has 0 spiro atoms. The number of benzene rings is 2. The Bertz CT molecular complexity index is 621. The minimum absolute atomic E-state index is 0.262. The summed E-state index contributed by atoms with van der Waals surface area (Å²) in [5, 5.41) is 3.21. The van der Waals surface area contributed by atoms with E-state index in [1.54, 1.807) is 6.07 Å². The van der Waals surface area contributed by atoms with Crippen molar-refractivity contribution in [3.63, 3.8) is 0 Å². The number of hydrogen-bond donors (Lipinski definition) is 1. The van der Waals surface area contributed by atoms with E-state index in [-0.39, 0.29) is 6.04 Å². The predicted octanol–water partition coefficient (Wildman–Crippen LogP) is 6.40. The topological polar surface area (TPSA) is 12.0 Å². The fourth-order valence-corrected chi connectivity index (χ4v) is 3.15. The summed E-state index contributed by atoms with van der Waals surface area (Å²) in [5.41, 5.74) is 0.745. The van der Waals surface area contributed by atoms with Crippen LogP contribution in [-0.4, -0.2) is 0 Å². The Labute approximate surface area is 137 Å². The van der Waals surface area contributed by atoms with Crippen molar-refractivity contribution in [1.29, 1.82) is 0 Å². The lowest BCUT2D eigenvalue weighted by molar-refractivity contribution is -0.137. The van der Waals surface area contributed by atoms with E-state index in [1.165, 1.54) is 12.1 Å². The average Bonchev–Trinajstić information content (AvgIpc) is 2.42. The zero-order chi connectivity index (χ0) is 15.6. The van der Waals surface area contributed by atoms with Gasteiger partial charge in [0.15, 0.2) is 0 Å². The van der Waals surface area contributed by atoms with Gasteiger partial charge in [-0.25, -0.2) is 0 Å². The first-order valence-electron chi connectivity index (χ1n) is 6.16. The minimum Gasteiger partial charge on any atom is -0.377 e. The summed E-state index contributed by atoms with van der Waals surface area (Å²) in [7, 11) is 0. The van der Waals surface area contributed by atoms with Crippen LogP contribution in [0.3, 0.4) is 0 Å². The van der Waals surface area contributed by atoms with Gasteiger partial charge in [0.25, 0.3) is 0 Å². The molecule has 2 aromatic rings. The SMILES string of the molecule is CC(Nc1c(Br)cccc1Br)c1cccc(C(F)(F)F)c1. The molecule has 0 aliphatic rings. The molecular formula is C15H12Br2F3N. The standard InChI is InChI=1S/C15H12Br2F3N/c1-9(21-14-12(16)6-3-7-13(14)17)10-4-2-5-11(8-10)15(18,19)20/h2-9,21H,1H3. The van der Waals surface area contributed by atoms with Gasteiger partial charge < -0.3 is 5.32 Å². The molecule has 1 unspecified atom stereocenters. The molecule has 0 fully saturated rings. The number of para-hydroxylation sites is 1. The molecule has 0 aliphatic carbocycles. The Morgan fingerprint density at radius 3 is 2.14 bits per heavy atom. The molecule has 0 amide bonds. The maximum atomic E-state index is 12.8. The first-order valence-corrected chi connectivity index (χ1v) is 7.75. The Morgan fingerprint density at radius 1 is 1.00 bits per heavy atom. The van der Waals surface area contributed by atoms with E-state index in [9.17, 15) is 13.2 Å². The monoisotopic (exact) mass is 421 g/mol. The van der Waals surface area contributed by atoms with Crippen molar-refractivity contribution in [3.05, 3.63) is 62.5 Å². The highest BCUT2D eigenvalue weighted by atomic mass is 79.9. The van der Waals surface area contributed by atoms with E-state index in [0.717, 1.165) is 20.7 Å². The molecule has 1 atom stereocenters. The average molecular weight is 423 g/mol. The van der Waals surface area contributed by atoms with Crippen LogP contribution in [0.5, 0.6) is 0 Å². The normalized spacial score (nSPS) is 13.0. The Morgan fingerprint density at radius 2 is 1.57 bits per heavy atom. The van der Waals surface area contributed by atoms with Crippen LogP contribution in [0.15, 0.2) is 51.4 Å². The quantitative estimate of drug-likeness (QED) is 0.603. The van der Waals surface area contributed by atoms with Gasteiger partial charge >= 0.3 is 6.18 Å². The molecule has 0 radical (unpaired) electrons. The molecule has 0 saturated heterocycles. The molecule has 1 nitrogen and oxygen atoms in total. The van der Waals surface area contributed by atoms with Crippen molar-refractivity contribution in [1.82, 2.24) is 0 Å². The van der Waals surface area contributed by atoms with Crippen molar-refractivity contribution in [2.75, 3.05) is 5.32 Å². The van der Waals surface area contributed by atoms with Crippen LogP contribution in [-0.2, 0) is 6.18 Å². The number of hydrogen-bond acceptors (Lipinski definition) is 1. The molecule has 0 bridgehead atoms. The van der Waals surface area contributed by atoms with Gasteiger partial charge in [-0.1, -0.05) is 18.2 Å². The second kappa shape index (κ2) is 6.40. The maximum Gasteiger partial charge on any atom is 0.416 e. The molecule has 0 aromatic heterocycles. The van der Waals surface area contributed by atoms with Gasteiger partial charge in [0.05, 0.1) is 11.3 Å². The third-order valence-electron chi connectivity index (χ3n) is 3.04. The largest absolute Gasteiger partial charge is 0.416 e. The fraction of sp³-hybridized carbons (Fsp3) is 0.200. The van der Waals surface area contributed by atoms with E-state index in [0.29, 0.717) is 5.56 Å². The highest BCUT2D eigenvalue weighted by Crippen LogP contribution is 2.35. The van der Waals surface area contributed by atoms with E-state index in [1.807, 2.05) is 25.1 Å². The van der Waals surface area contributed by atoms with Crippen molar-refractivity contribution >= 4 is 37.5 Å². The zero-order valence-corrected chi connectivity index (χ0v) is 14.2. The first-order chi connectivity index (χ1) is 9.79. The second-order valence-corrected chi connectivity index (χ2v) is 6.29. The third kappa shape index (κ3) is 4.01. The van der Waals surface area contributed by atoms with Crippen LogP contribution in [0.1, 0.15) is 24.1 Å². The van der Waals surface area contributed by atoms with Gasteiger partial charge in [-0.2, -0.15) is 13.2 Å². The Hall–Kier alpha value is -1.01. The molecule has 1 N–H and O–H groups in total. The Balaban J connectivity index is 2.27. The van der Waals surface area contributed by atoms with Crippen LogP contribution in [0, 0.1) is 0 Å². The lowest BCUT2D eigenvalue weighted by Crippen LogP contribution is -2.10. The molecule has 21 heavy (non-hydrogen) atoms. The summed E-state index contributed by atoms with van der Waals surface area (Å²) in [4.78, 5) is 0. The van der Waals surface area contributed by atoms with E-state index < -0.39 is 11.7 Å². The highest BCUT2D eigenvalue weighted by molar-refractivity contribution is 9.11. The number of rotatable bonds is 3. The fourth-order valence-electron chi connectivity index (χ4n) is 1.92. The van der Waals surface area contributed by atoms with Crippen LogP contribution in [0.2, 0.25) is 0 Å². The van der Waals surface area contributed by atoms with Gasteiger partial charge in [-0.05, 0) is 68.6 Å². The van der Waals surface area contributed by atoms with Crippen LogP contribution in [0.25, 0.3) is 0 Å². The molecule has 2 aromatic carbocycles. The van der Waals surface area contributed by atoms with Gasteiger partial charge in [0, 0.05) is 15.0 Å². The highest BCUT2D eigenvalue weighted by Gasteiger charge is 2.30. The lowest BCUT2D eigenvalue weighted by Gasteiger charge is -2.19. The van der Waals surface area contributed by atoms with Crippen LogP contribution >= 0.6 is 31.9 Å². The third-order valence-corrected chi connectivity index (χ3v) is 4.36. The van der Waals surface area contributed by atoms with Crippen molar-refractivity contribution < 1.29 is 13.2 Å². The van der Waals surface area contributed by atoms with Gasteiger partial charge in [0.2, 0.25) is 0 Å². The molecule has 112 valence electrons. The summed E-state index contributed by atoms with van der Waals surface area (Å²) in [6.07, 6.45) is -4.33. The van der Waals surface area contributed by atoms with E-state index in [4.69, 9.17) is 0 Å². The Kier molecular flexibility index (Phi) is 4.99. The van der Waals surface area contributed by atoms with E-state index in [2.05, 4.69) is 37.2 Å². The van der Waals surface area contributed by atoms with E-state index >= 15 is 0 Å². The first kappa shape index (κ1) is 16.4. The minimum atomic E-state index is -4.33. The summed E-state index contributed by atoms with van der Waals surface area (Å²) in [6, 6.07) is 10.7. The summed E-state index contributed by atoms with van der Waals surface area (Å²) < 4.78 is 39.9. The number of anilines is 1. The van der Waals surface area contributed by atoms with Crippen LogP contribution < -0.4 is 5.32 Å². The van der Waals surface area contributed by atoms with Crippen molar-refractivity contribution in [3.8, 4) is 0 Å². The summed E-state index contributed by atoms with van der Waals surface area (Å²) >= 11 is 6.84. The zero-order valence-electron chi connectivity index (χ0n) is 11.0. The lowest BCUT2D eigenvalue weighted by atomic mass is 10.0. The van der Waals surface area contributed by atoms with Crippen molar-refractivity contribution in [2.45, 2.75) is 19.1 Å². The smallest absolute Gasteiger partial charge is 0.377 e. The second-order valence-electron chi connectivity index (χ2n) is 4.59. The number of nitrogens with one attached hydrogen (secondary N) is 1. The van der Waals surface area contributed by atoms with Crippen molar-refractivity contribution in [2.24, 2.45) is 0 Å².